The number of pyridine rings is 1. The van der Waals surface area contributed by atoms with Crippen LogP contribution >= 0.6 is 0 Å². The van der Waals surface area contributed by atoms with Crippen LogP contribution in [0.3, 0.4) is 0 Å². The van der Waals surface area contributed by atoms with Crippen LogP contribution in [0.1, 0.15) is 28.9 Å². The highest BCUT2D eigenvalue weighted by Gasteiger charge is 2.28. The molecule has 0 unspecified atom stereocenters. The number of carbonyl (C=O) groups is 1. The molecule has 0 saturated carbocycles. The van der Waals surface area contributed by atoms with E-state index in [2.05, 4.69) is 9.97 Å². The molecule has 0 bridgehead atoms. The van der Waals surface area contributed by atoms with Gasteiger partial charge in [-0.3, -0.25) is 9.78 Å². The van der Waals surface area contributed by atoms with Gasteiger partial charge in [-0.2, -0.15) is 0 Å². The first-order valence-corrected chi connectivity index (χ1v) is 11.1. The van der Waals surface area contributed by atoms with E-state index in [1.807, 2.05) is 48.3 Å². The number of ether oxygens (including phenoxy) is 1. The molecule has 4 aromatic rings. The highest BCUT2D eigenvalue weighted by atomic mass is 19.1. The van der Waals surface area contributed by atoms with Crippen LogP contribution in [-0.4, -0.2) is 44.6 Å². The van der Waals surface area contributed by atoms with Gasteiger partial charge in [-0.25, -0.2) is 9.37 Å². The van der Waals surface area contributed by atoms with E-state index in [0.29, 0.717) is 31.0 Å². The molecular weight excluding hydrogens is 419 g/mol. The molecule has 6 nitrogen and oxygen atoms in total. The Labute approximate surface area is 191 Å². The lowest BCUT2D eigenvalue weighted by Gasteiger charge is -2.34. The summed E-state index contributed by atoms with van der Waals surface area (Å²) < 4.78 is 22.1. The minimum Gasteiger partial charge on any atom is -0.381 e. The number of halogens is 1. The number of imidazole rings is 1. The third kappa shape index (κ3) is 4.50. The summed E-state index contributed by atoms with van der Waals surface area (Å²) in [5, 5.41) is 0.953. The van der Waals surface area contributed by atoms with Gasteiger partial charge in [-0.1, -0.05) is 18.2 Å². The second-order valence-electron chi connectivity index (χ2n) is 8.43. The number of amides is 1. The Kier molecular flexibility index (Phi) is 5.88. The molecule has 1 aliphatic rings. The lowest BCUT2D eigenvalue weighted by Crippen LogP contribution is -2.43. The fourth-order valence-corrected chi connectivity index (χ4v) is 4.37. The van der Waals surface area contributed by atoms with E-state index in [1.165, 1.54) is 6.07 Å². The third-order valence-electron chi connectivity index (χ3n) is 6.11. The van der Waals surface area contributed by atoms with Gasteiger partial charge in [-0.05, 0) is 54.3 Å². The van der Waals surface area contributed by atoms with E-state index < -0.39 is 0 Å². The first kappa shape index (κ1) is 21.3. The lowest BCUT2D eigenvalue weighted by atomic mass is 9.99. The van der Waals surface area contributed by atoms with Gasteiger partial charge in [0, 0.05) is 56.2 Å². The summed E-state index contributed by atoms with van der Waals surface area (Å²) in [6.07, 6.45) is 6.63. The molecule has 0 aliphatic carbocycles. The summed E-state index contributed by atoms with van der Waals surface area (Å²) in [5.74, 6) is -0.416. The average Bonchev–Trinajstić information content (AvgIpc) is 3.29. The van der Waals surface area contributed by atoms with Crippen LogP contribution < -0.4 is 0 Å². The van der Waals surface area contributed by atoms with Crippen LogP contribution in [0.2, 0.25) is 0 Å². The number of rotatable bonds is 5. The first-order valence-electron chi connectivity index (χ1n) is 11.1. The van der Waals surface area contributed by atoms with Crippen molar-refractivity contribution < 1.29 is 13.9 Å². The molecule has 0 N–H and O–H groups in total. The number of hydrogen-bond acceptors (Lipinski definition) is 4. The van der Waals surface area contributed by atoms with E-state index in [4.69, 9.17) is 4.74 Å². The summed E-state index contributed by atoms with van der Waals surface area (Å²) >= 11 is 0. The van der Waals surface area contributed by atoms with Crippen molar-refractivity contribution in [3.63, 3.8) is 0 Å². The Morgan fingerprint density at radius 3 is 2.79 bits per heavy atom. The Balaban J connectivity index is 1.48. The Morgan fingerprint density at radius 1 is 1.15 bits per heavy atom. The molecule has 1 fully saturated rings. The van der Waals surface area contributed by atoms with Crippen molar-refractivity contribution in [3.8, 4) is 11.1 Å². The summed E-state index contributed by atoms with van der Waals surface area (Å²) in [5.41, 5.74) is 3.44. The van der Waals surface area contributed by atoms with Gasteiger partial charge < -0.3 is 14.2 Å². The van der Waals surface area contributed by atoms with Gasteiger partial charge in [-0.15, -0.1) is 0 Å². The lowest BCUT2D eigenvalue weighted by molar-refractivity contribution is 0.0264. The Hall–Kier alpha value is -3.58. The smallest absolute Gasteiger partial charge is 0.274 e. The normalized spacial score (nSPS) is 14.5. The van der Waals surface area contributed by atoms with Gasteiger partial charge in [0.15, 0.2) is 0 Å². The van der Waals surface area contributed by atoms with Crippen molar-refractivity contribution in [1.82, 2.24) is 19.4 Å². The standard InChI is InChI=1S/C26H25FN4O2/c1-30-16-25(29-17-30)26(32)31(21-8-11-33-12-9-21)15-18-4-6-23(27)22(13-18)19-5-7-24-20(14-19)3-2-10-28-24/h2-7,10,13-14,16-17,21H,8-9,11-12,15H2,1H3. The highest BCUT2D eigenvalue weighted by molar-refractivity contribution is 5.92. The maximum Gasteiger partial charge on any atom is 0.274 e. The van der Waals surface area contributed by atoms with E-state index in [0.717, 1.165) is 34.9 Å². The molecule has 5 rings (SSSR count). The van der Waals surface area contributed by atoms with E-state index >= 15 is 0 Å². The molecule has 1 aliphatic heterocycles. The van der Waals surface area contributed by atoms with Crippen molar-refractivity contribution in [2.75, 3.05) is 13.2 Å². The zero-order valence-electron chi connectivity index (χ0n) is 18.4. The second-order valence-corrected chi connectivity index (χ2v) is 8.43. The van der Waals surface area contributed by atoms with Crippen LogP contribution in [0, 0.1) is 5.82 Å². The number of aromatic nitrogens is 3. The largest absolute Gasteiger partial charge is 0.381 e. The van der Waals surface area contributed by atoms with Gasteiger partial charge in [0.05, 0.1) is 11.8 Å². The molecule has 168 valence electrons. The van der Waals surface area contributed by atoms with Crippen LogP contribution in [0.25, 0.3) is 22.0 Å². The summed E-state index contributed by atoms with van der Waals surface area (Å²) in [6.45, 7) is 1.62. The van der Waals surface area contributed by atoms with Crippen LogP contribution in [0.15, 0.2) is 67.3 Å². The summed E-state index contributed by atoms with van der Waals surface area (Å²) in [4.78, 5) is 23.8. The molecule has 0 radical (unpaired) electrons. The van der Waals surface area contributed by atoms with Crippen molar-refractivity contribution in [3.05, 3.63) is 84.3 Å². The molecule has 1 saturated heterocycles. The topological polar surface area (TPSA) is 60.2 Å². The minimum atomic E-state index is -0.296. The number of carbonyl (C=O) groups excluding carboxylic acids is 1. The van der Waals surface area contributed by atoms with Gasteiger partial charge in [0.1, 0.15) is 11.5 Å². The average molecular weight is 445 g/mol. The molecule has 7 heteroatoms. The fourth-order valence-electron chi connectivity index (χ4n) is 4.37. The number of aryl methyl sites for hydroxylation is 1. The predicted molar refractivity (Wildman–Crippen MR) is 124 cm³/mol. The second kappa shape index (κ2) is 9.11. The number of fused-ring (bicyclic) bond motifs is 1. The zero-order valence-corrected chi connectivity index (χ0v) is 18.4. The first-order chi connectivity index (χ1) is 16.1. The predicted octanol–water partition coefficient (Wildman–Crippen LogP) is 4.60. The summed E-state index contributed by atoms with van der Waals surface area (Å²) in [6, 6.07) is 14.7. The van der Waals surface area contributed by atoms with Gasteiger partial charge >= 0.3 is 0 Å². The fraction of sp³-hybridized carbons (Fsp3) is 0.269. The molecule has 0 atom stereocenters. The number of hydrogen-bond donors (Lipinski definition) is 0. The van der Waals surface area contributed by atoms with Crippen molar-refractivity contribution in [2.24, 2.45) is 7.05 Å². The molecular formula is C26H25FN4O2. The molecule has 3 heterocycles. The van der Waals surface area contributed by atoms with Crippen LogP contribution in [-0.2, 0) is 18.3 Å². The zero-order chi connectivity index (χ0) is 22.8. The van der Waals surface area contributed by atoms with Crippen molar-refractivity contribution in [2.45, 2.75) is 25.4 Å². The molecule has 2 aromatic heterocycles. The van der Waals surface area contributed by atoms with E-state index in [1.54, 1.807) is 29.4 Å². The molecule has 1 amide bonds. The maximum atomic E-state index is 14.8. The number of benzene rings is 2. The molecule has 0 spiro atoms. The van der Waals surface area contributed by atoms with E-state index in [9.17, 15) is 9.18 Å². The third-order valence-corrected chi connectivity index (χ3v) is 6.11. The Bertz CT molecular complexity index is 1300. The van der Waals surface area contributed by atoms with Crippen LogP contribution in [0.4, 0.5) is 4.39 Å². The Morgan fingerprint density at radius 2 is 2.00 bits per heavy atom. The quantitative estimate of drug-likeness (QED) is 0.452. The molecule has 33 heavy (non-hydrogen) atoms. The van der Waals surface area contributed by atoms with Gasteiger partial charge in [0.2, 0.25) is 0 Å². The molecule has 2 aromatic carbocycles. The maximum absolute atomic E-state index is 14.8. The van der Waals surface area contributed by atoms with Crippen LogP contribution in [0.5, 0.6) is 0 Å². The number of nitrogens with zero attached hydrogens (tertiary/aromatic N) is 4. The van der Waals surface area contributed by atoms with Crippen molar-refractivity contribution >= 4 is 16.8 Å². The summed E-state index contributed by atoms with van der Waals surface area (Å²) in [7, 11) is 1.84. The van der Waals surface area contributed by atoms with Crippen molar-refractivity contribution in [1.29, 1.82) is 0 Å². The minimum absolute atomic E-state index is 0.0495. The highest BCUT2D eigenvalue weighted by Crippen LogP contribution is 2.28. The van der Waals surface area contributed by atoms with Gasteiger partial charge in [0.25, 0.3) is 5.91 Å². The van der Waals surface area contributed by atoms with E-state index in [-0.39, 0.29) is 17.8 Å². The monoisotopic (exact) mass is 444 g/mol. The SMILES string of the molecule is Cn1cnc(C(=O)N(Cc2ccc(F)c(-c3ccc4ncccc4c3)c2)C2CCOCC2)c1.